The lowest BCUT2D eigenvalue weighted by Crippen LogP contribution is -2.46. The SMILES string of the molecule is CC(OC(=O)CNS(=O)(=O)c1ccc2c(c1)OCCCO2)C(=O)NC1CCCCC1C. The maximum atomic E-state index is 12.5. The summed E-state index contributed by atoms with van der Waals surface area (Å²) in [6.07, 6.45) is 3.87. The highest BCUT2D eigenvalue weighted by atomic mass is 32.2. The summed E-state index contributed by atoms with van der Waals surface area (Å²) in [5.41, 5.74) is 0. The van der Waals surface area contributed by atoms with Crippen LogP contribution in [-0.4, -0.2) is 52.2 Å². The van der Waals surface area contributed by atoms with E-state index in [1.165, 1.54) is 25.1 Å². The second kappa shape index (κ2) is 10.3. The Hall–Kier alpha value is -2.33. The van der Waals surface area contributed by atoms with Crippen molar-refractivity contribution >= 4 is 21.9 Å². The lowest BCUT2D eigenvalue weighted by molar-refractivity contribution is -0.154. The van der Waals surface area contributed by atoms with Crippen molar-refractivity contribution in [2.75, 3.05) is 19.8 Å². The first-order chi connectivity index (χ1) is 14.8. The number of amides is 1. The summed E-state index contributed by atoms with van der Waals surface area (Å²) in [7, 11) is -3.97. The van der Waals surface area contributed by atoms with E-state index in [2.05, 4.69) is 17.0 Å². The zero-order valence-corrected chi connectivity index (χ0v) is 18.7. The molecule has 0 saturated heterocycles. The molecule has 1 aromatic carbocycles. The van der Waals surface area contributed by atoms with Gasteiger partial charge >= 0.3 is 5.97 Å². The Balaban J connectivity index is 1.51. The van der Waals surface area contributed by atoms with Crippen LogP contribution in [0.5, 0.6) is 11.5 Å². The number of carbonyl (C=O) groups is 2. The van der Waals surface area contributed by atoms with E-state index in [9.17, 15) is 18.0 Å². The Bertz CT molecular complexity index is 903. The summed E-state index contributed by atoms with van der Waals surface area (Å²) < 4.78 is 43.4. The maximum absolute atomic E-state index is 12.5. The summed E-state index contributed by atoms with van der Waals surface area (Å²) in [5, 5.41) is 2.93. The van der Waals surface area contributed by atoms with Crippen LogP contribution in [0.25, 0.3) is 0 Å². The molecule has 1 aliphatic heterocycles. The molecule has 1 fully saturated rings. The van der Waals surface area contributed by atoms with Crippen molar-refractivity contribution in [3.05, 3.63) is 18.2 Å². The third-order valence-electron chi connectivity index (χ3n) is 5.55. The van der Waals surface area contributed by atoms with Gasteiger partial charge in [-0.25, -0.2) is 8.42 Å². The fourth-order valence-electron chi connectivity index (χ4n) is 3.67. The van der Waals surface area contributed by atoms with Gasteiger partial charge in [-0.2, -0.15) is 4.72 Å². The summed E-state index contributed by atoms with van der Waals surface area (Å²) in [6.45, 7) is 3.90. The van der Waals surface area contributed by atoms with Gasteiger partial charge in [-0.1, -0.05) is 19.8 Å². The molecule has 0 bridgehead atoms. The van der Waals surface area contributed by atoms with Gasteiger partial charge in [-0.3, -0.25) is 9.59 Å². The number of fused-ring (bicyclic) bond motifs is 1. The second-order valence-electron chi connectivity index (χ2n) is 7.99. The highest BCUT2D eigenvalue weighted by molar-refractivity contribution is 7.89. The number of benzene rings is 1. The van der Waals surface area contributed by atoms with Gasteiger partial charge in [0, 0.05) is 18.5 Å². The van der Waals surface area contributed by atoms with Crippen LogP contribution < -0.4 is 19.5 Å². The number of esters is 1. The fraction of sp³-hybridized carbons (Fsp3) is 0.619. The molecule has 172 valence electrons. The van der Waals surface area contributed by atoms with E-state index in [1.54, 1.807) is 0 Å². The van der Waals surface area contributed by atoms with Crippen LogP contribution in [0.4, 0.5) is 0 Å². The smallest absolute Gasteiger partial charge is 0.321 e. The zero-order valence-electron chi connectivity index (χ0n) is 17.9. The number of nitrogens with one attached hydrogen (secondary N) is 2. The van der Waals surface area contributed by atoms with Gasteiger partial charge in [0.1, 0.15) is 6.54 Å². The monoisotopic (exact) mass is 454 g/mol. The van der Waals surface area contributed by atoms with Crippen LogP contribution >= 0.6 is 0 Å². The molecule has 0 radical (unpaired) electrons. The van der Waals surface area contributed by atoms with Crippen LogP contribution in [0.15, 0.2) is 23.1 Å². The minimum Gasteiger partial charge on any atom is -0.490 e. The minimum atomic E-state index is -3.97. The third kappa shape index (κ3) is 6.33. The lowest BCUT2D eigenvalue weighted by Gasteiger charge is -2.30. The first-order valence-electron chi connectivity index (χ1n) is 10.7. The van der Waals surface area contributed by atoms with Crippen LogP contribution in [0.2, 0.25) is 0 Å². The molecule has 31 heavy (non-hydrogen) atoms. The predicted molar refractivity (Wildman–Crippen MR) is 112 cm³/mol. The van der Waals surface area contributed by atoms with Crippen molar-refractivity contribution in [3.8, 4) is 11.5 Å². The molecule has 1 aliphatic carbocycles. The Morgan fingerprint density at radius 3 is 2.58 bits per heavy atom. The third-order valence-corrected chi connectivity index (χ3v) is 6.95. The van der Waals surface area contributed by atoms with E-state index in [0.29, 0.717) is 37.1 Å². The van der Waals surface area contributed by atoms with Crippen LogP contribution in [-0.2, 0) is 24.3 Å². The van der Waals surface area contributed by atoms with Crippen molar-refractivity contribution in [1.82, 2.24) is 10.0 Å². The van der Waals surface area contributed by atoms with Gasteiger partial charge in [0.15, 0.2) is 17.6 Å². The Kier molecular flexibility index (Phi) is 7.77. The molecular formula is C21H30N2O7S. The minimum absolute atomic E-state index is 0.0540. The highest BCUT2D eigenvalue weighted by Gasteiger charge is 2.27. The van der Waals surface area contributed by atoms with Crippen LogP contribution in [0.3, 0.4) is 0 Å². The van der Waals surface area contributed by atoms with Crippen molar-refractivity contribution in [2.24, 2.45) is 5.92 Å². The fourth-order valence-corrected chi connectivity index (χ4v) is 4.66. The molecule has 3 atom stereocenters. The molecular weight excluding hydrogens is 424 g/mol. The topological polar surface area (TPSA) is 120 Å². The summed E-state index contributed by atoms with van der Waals surface area (Å²) in [6, 6.07) is 4.32. The highest BCUT2D eigenvalue weighted by Crippen LogP contribution is 2.31. The summed E-state index contributed by atoms with van der Waals surface area (Å²) in [5.74, 6) is -0.0222. The largest absolute Gasteiger partial charge is 0.490 e. The molecule has 3 rings (SSSR count). The van der Waals surface area contributed by atoms with E-state index in [4.69, 9.17) is 14.2 Å². The van der Waals surface area contributed by atoms with Crippen LogP contribution in [0.1, 0.15) is 46.0 Å². The molecule has 9 nitrogen and oxygen atoms in total. The normalized spacial score (nSPS) is 22.1. The number of sulfonamides is 1. The van der Waals surface area contributed by atoms with Gasteiger partial charge in [-0.15, -0.1) is 0 Å². The number of hydrogen-bond acceptors (Lipinski definition) is 7. The molecule has 1 aromatic rings. The van der Waals surface area contributed by atoms with Crippen LogP contribution in [0, 0.1) is 5.92 Å². The zero-order chi connectivity index (χ0) is 22.4. The number of carbonyl (C=O) groups excluding carboxylic acids is 2. The van der Waals surface area contributed by atoms with E-state index in [0.717, 1.165) is 25.7 Å². The van der Waals surface area contributed by atoms with Crippen molar-refractivity contribution in [3.63, 3.8) is 0 Å². The molecule has 1 heterocycles. The number of hydrogen-bond donors (Lipinski definition) is 2. The maximum Gasteiger partial charge on any atom is 0.321 e. The molecule has 3 unspecified atom stereocenters. The molecule has 0 spiro atoms. The average molecular weight is 455 g/mol. The lowest BCUT2D eigenvalue weighted by atomic mass is 9.86. The summed E-state index contributed by atoms with van der Waals surface area (Å²) >= 11 is 0. The second-order valence-corrected chi connectivity index (χ2v) is 9.76. The number of rotatable bonds is 7. The first-order valence-corrected chi connectivity index (χ1v) is 12.1. The van der Waals surface area contributed by atoms with Crippen molar-refractivity contribution in [2.45, 2.75) is 63.0 Å². The standard InChI is InChI=1S/C21H30N2O7S/c1-14-6-3-4-7-17(14)23-21(25)15(2)30-20(24)13-22-31(26,27)16-8-9-18-19(12-16)29-11-5-10-28-18/h8-9,12,14-15,17,22H,3-7,10-11,13H2,1-2H3,(H,23,25). The molecule has 10 heteroatoms. The number of ether oxygens (including phenoxy) is 3. The van der Waals surface area contributed by atoms with E-state index in [-0.39, 0.29) is 16.8 Å². The Labute approximate surface area is 182 Å². The van der Waals surface area contributed by atoms with E-state index < -0.39 is 28.6 Å². The van der Waals surface area contributed by atoms with Gasteiger partial charge in [0.2, 0.25) is 10.0 Å². The molecule has 0 aromatic heterocycles. The van der Waals surface area contributed by atoms with E-state index >= 15 is 0 Å². The molecule has 2 N–H and O–H groups in total. The van der Waals surface area contributed by atoms with Gasteiger partial charge in [0.05, 0.1) is 18.1 Å². The molecule has 2 aliphatic rings. The Morgan fingerprint density at radius 2 is 1.84 bits per heavy atom. The first kappa shape index (κ1) is 23.3. The van der Waals surface area contributed by atoms with Crippen molar-refractivity contribution in [1.29, 1.82) is 0 Å². The summed E-state index contributed by atoms with van der Waals surface area (Å²) in [4.78, 5) is 24.4. The molecule has 1 amide bonds. The van der Waals surface area contributed by atoms with E-state index in [1.807, 2.05) is 0 Å². The quantitative estimate of drug-likeness (QED) is 0.602. The van der Waals surface area contributed by atoms with Gasteiger partial charge < -0.3 is 19.5 Å². The molecule has 1 saturated carbocycles. The van der Waals surface area contributed by atoms with Crippen molar-refractivity contribution < 1.29 is 32.2 Å². The predicted octanol–water partition coefficient (Wildman–Crippen LogP) is 1.75. The Morgan fingerprint density at radius 1 is 1.13 bits per heavy atom. The van der Waals surface area contributed by atoms with Gasteiger partial charge in [0.25, 0.3) is 5.91 Å². The van der Waals surface area contributed by atoms with Gasteiger partial charge in [-0.05, 0) is 37.8 Å². The average Bonchev–Trinajstić information content (AvgIpc) is 2.99.